The Balaban J connectivity index is 2.54. The van der Waals surface area contributed by atoms with E-state index >= 15 is 0 Å². The van der Waals surface area contributed by atoms with Gasteiger partial charge in [-0.05, 0) is 18.6 Å². The highest BCUT2D eigenvalue weighted by molar-refractivity contribution is 5.85. The number of rotatable bonds is 3. The Hall–Kier alpha value is -1.36. The first kappa shape index (κ1) is 11.1. The van der Waals surface area contributed by atoms with Crippen LogP contribution in [0, 0.1) is 6.92 Å². The number of aromatic amines is 1. The first-order chi connectivity index (χ1) is 7.65. The molecule has 0 aliphatic carbocycles. The van der Waals surface area contributed by atoms with Gasteiger partial charge in [0.25, 0.3) is 0 Å². The number of aliphatic hydroxyl groups excluding tert-OH is 1. The van der Waals surface area contributed by atoms with E-state index < -0.39 is 12.1 Å². The van der Waals surface area contributed by atoms with Gasteiger partial charge in [-0.25, -0.2) is 0 Å². The molecule has 2 rings (SSSR count). The lowest BCUT2D eigenvalue weighted by Crippen LogP contribution is -2.33. The number of aryl methyl sites for hydroxylation is 1. The number of benzene rings is 1. The molecule has 0 radical (unpaired) electrons. The number of fused-ring (bicyclic) bond motifs is 1. The SMILES string of the molecule is Cc1[nH]c2ccccc2c1C(N)C(O)CN. The quantitative estimate of drug-likeness (QED) is 0.615. The molecule has 1 aromatic carbocycles. The molecule has 0 fully saturated rings. The topological polar surface area (TPSA) is 88.1 Å². The van der Waals surface area contributed by atoms with Gasteiger partial charge in [0, 0.05) is 23.1 Å². The summed E-state index contributed by atoms with van der Waals surface area (Å²) in [5.41, 5.74) is 14.4. The molecule has 1 heterocycles. The van der Waals surface area contributed by atoms with Gasteiger partial charge in [0.15, 0.2) is 0 Å². The molecule has 0 saturated heterocycles. The number of hydrogen-bond acceptors (Lipinski definition) is 3. The molecule has 4 heteroatoms. The third-order valence-corrected chi connectivity index (χ3v) is 2.93. The summed E-state index contributed by atoms with van der Waals surface area (Å²) in [6.45, 7) is 2.12. The Morgan fingerprint density at radius 1 is 1.38 bits per heavy atom. The third kappa shape index (κ3) is 1.71. The molecule has 1 aromatic heterocycles. The third-order valence-electron chi connectivity index (χ3n) is 2.93. The molecule has 16 heavy (non-hydrogen) atoms. The van der Waals surface area contributed by atoms with Gasteiger partial charge in [-0.1, -0.05) is 18.2 Å². The van der Waals surface area contributed by atoms with Crippen molar-refractivity contribution < 1.29 is 5.11 Å². The van der Waals surface area contributed by atoms with Crippen molar-refractivity contribution in [2.45, 2.75) is 19.1 Å². The maximum atomic E-state index is 9.72. The van der Waals surface area contributed by atoms with Crippen LogP contribution in [0.5, 0.6) is 0 Å². The fourth-order valence-electron chi connectivity index (χ4n) is 2.07. The summed E-state index contributed by atoms with van der Waals surface area (Å²) in [7, 11) is 0. The van der Waals surface area contributed by atoms with Crippen LogP contribution in [-0.2, 0) is 0 Å². The zero-order valence-corrected chi connectivity index (χ0v) is 9.27. The van der Waals surface area contributed by atoms with Gasteiger partial charge in [-0.2, -0.15) is 0 Å². The molecule has 4 nitrogen and oxygen atoms in total. The molecule has 0 aliphatic heterocycles. The number of hydrogen-bond donors (Lipinski definition) is 4. The van der Waals surface area contributed by atoms with Gasteiger partial charge in [0.1, 0.15) is 0 Å². The van der Waals surface area contributed by atoms with Crippen LogP contribution >= 0.6 is 0 Å². The Kier molecular flexibility index (Phi) is 2.96. The predicted molar refractivity (Wildman–Crippen MR) is 65.0 cm³/mol. The van der Waals surface area contributed by atoms with Crippen molar-refractivity contribution in [3.63, 3.8) is 0 Å². The normalized spacial score (nSPS) is 15.2. The maximum Gasteiger partial charge on any atom is 0.0855 e. The Morgan fingerprint density at radius 2 is 2.06 bits per heavy atom. The highest BCUT2D eigenvalue weighted by Gasteiger charge is 2.20. The summed E-state index contributed by atoms with van der Waals surface area (Å²) in [5, 5.41) is 10.8. The second-order valence-electron chi connectivity index (χ2n) is 4.04. The van der Waals surface area contributed by atoms with E-state index in [0.29, 0.717) is 0 Å². The van der Waals surface area contributed by atoms with E-state index in [0.717, 1.165) is 22.2 Å². The summed E-state index contributed by atoms with van der Waals surface area (Å²) >= 11 is 0. The van der Waals surface area contributed by atoms with Gasteiger partial charge >= 0.3 is 0 Å². The Morgan fingerprint density at radius 3 is 2.75 bits per heavy atom. The van der Waals surface area contributed by atoms with Gasteiger partial charge < -0.3 is 21.6 Å². The van der Waals surface area contributed by atoms with Crippen molar-refractivity contribution in [1.29, 1.82) is 0 Å². The van der Waals surface area contributed by atoms with Crippen molar-refractivity contribution in [1.82, 2.24) is 4.98 Å². The number of nitrogens with one attached hydrogen (secondary N) is 1. The summed E-state index contributed by atoms with van der Waals surface area (Å²) in [6, 6.07) is 7.47. The van der Waals surface area contributed by atoms with Crippen LogP contribution in [0.2, 0.25) is 0 Å². The molecule has 2 aromatic rings. The first-order valence-electron chi connectivity index (χ1n) is 5.36. The summed E-state index contributed by atoms with van der Waals surface area (Å²) < 4.78 is 0. The second-order valence-corrected chi connectivity index (χ2v) is 4.04. The van der Waals surface area contributed by atoms with E-state index in [-0.39, 0.29) is 6.54 Å². The molecule has 0 saturated carbocycles. The van der Waals surface area contributed by atoms with E-state index in [2.05, 4.69) is 4.98 Å². The molecule has 2 atom stereocenters. The minimum atomic E-state index is -0.710. The van der Waals surface area contributed by atoms with Gasteiger partial charge in [-0.3, -0.25) is 0 Å². The second kappa shape index (κ2) is 4.25. The molecule has 0 aliphatic rings. The molecule has 2 unspecified atom stereocenters. The van der Waals surface area contributed by atoms with Crippen LogP contribution in [0.4, 0.5) is 0 Å². The van der Waals surface area contributed by atoms with Crippen LogP contribution < -0.4 is 11.5 Å². The first-order valence-corrected chi connectivity index (χ1v) is 5.36. The average molecular weight is 219 g/mol. The van der Waals surface area contributed by atoms with Gasteiger partial charge in [0.2, 0.25) is 0 Å². The number of aromatic nitrogens is 1. The monoisotopic (exact) mass is 219 g/mol. The highest BCUT2D eigenvalue weighted by Crippen LogP contribution is 2.27. The number of H-pyrrole nitrogens is 1. The lowest BCUT2D eigenvalue weighted by atomic mass is 9.99. The van der Waals surface area contributed by atoms with Crippen LogP contribution in [0.15, 0.2) is 24.3 Å². The number of aliphatic hydroxyl groups is 1. The van der Waals surface area contributed by atoms with Crippen LogP contribution in [0.25, 0.3) is 10.9 Å². The summed E-state index contributed by atoms with van der Waals surface area (Å²) in [4.78, 5) is 3.25. The van der Waals surface area contributed by atoms with Crippen molar-refractivity contribution in [2.75, 3.05) is 6.54 Å². The summed E-state index contributed by atoms with van der Waals surface area (Å²) in [5.74, 6) is 0. The molecule has 86 valence electrons. The van der Waals surface area contributed by atoms with Crippen molar-refractivity contribution in [3.05, 3.63) is 35.5 Å². The van der Waals surface area contributed by atoms with E-state index in [1.807, 2.05) is 31.2 Å². The van der Waals surface area contributed by atoms with Gasteiger partial charge in [0.05, 0.1) is 12.1 Å². The predicted octanol–water partition coefficient (Wildman–Crippen LogP) is 0.796. The molecule has 0 amide bonds. The fourth-order valence-corrected chi connectivity index (χ4v) is 2.07. The zero-order chi connectivity index (χ0) is 11.7. The zero-order valence-electron chi connectivity index (χ0n) is 9.27. The fraction of sp³-hybridized carbons (Fsp3) is 0.333. The Labute approximate surface area is 94.3 Å². The minimum Gasteiger partial charge on any atom is -0.390 e. The van der Waals surface area contributed by atoms with E-state index in [4.69, 9.17) is 11.5 Å². The molecule has 6 N–H and O–H groups in total. The minimum absolute atomic E-state index is 0.167. The molecular formula is C12H17N3O. The molecule has 0 spiro atoms. The maximum absolute atomic E-state index is 9.72. The van der Waals surface area contributed by atoms with Crippen molar-refractivity contribution in [2.24, 2.45) is 11.5 Å². The molecule has 0 bridgehead atoms. The highest BCUT2D eigenvalue weighted by atomic mass is 16.3. The molecular weight excluding hydrogens is 202 g/mol. The van der Waals surface area contributed by atoms with E-state index in [1.54, 1.807) is 0 Å². The van der Waals surface area contributed by atoms with E-state index in [1.165, 1.54) is 0 Å². The van der Waals surface area contributed by atoms with Gasteiger partial charge in [-0.15, -0.1) is 0 Å². The largest absolute Gasteiger partial charge is 0.390 e. The van der Waals surface area contributed by atoms with Crippen LogP contribution in [-0.4, -0.2) is 22.7 Å². The Bertz CT molecular complexity index is 492. The van der Waals surface area contributed by atoms with Crippen molar-refractivity contribution in [3.8, 4) is 0 Å². The average Bonchev–Trinajstić information content (AvgIpc) is 2.63. The summed E-state index contributed by atoms with van der Waals surface area (Å²) in [6.07, 6.45) is -0.710. The number of para-hydroxylation sites is 1. The number of nitrogens with two attached hydrogens (primary N) is 2. The van der Waals surface area contributed by atoms with E-state index in [9.17, 15) is 5.11 Å². The van der Waals surface area contributed by atoms with Crippen molar-refractivity contribution >= 4 is 10.9 Å². The lowest BCUT2D eigenvalue weighted by molar-refractivity contribution is 0.153. The smallest absolute Gasteiger partial charge is 0.0855 e. The van der Waals surface area contributed by atoms with Crippen LogP contribution in [0.3, 0.4) is 0 Å². The lowest BCUT2D eigenvalue weighted by Gasteiger charge is -2.17. The van der Waals surface area contributed by atoms with Crippen LogP contribution in [0.1, 0.15) is 17.3 Å². The standard InChI is InChI=1S/C12H17N3O/c1-7-11(12(14)10(16)6-13)8-4-2-3-5-9(8)15-7/h2-5,10,12,15-16H,6,13-14H2,1H3.